The average molecular weight is 618 g/mol. The minimum absolute atomic E-state index is 0.146. The van der Waals surface area contributed by atoms with E-state index in [1.54, 1.807) is 12.1 Å². The number of sulfone groups is 1. The monoisotopic (exact) mass is 617 g/mol. The van der Waals surface area contributed by atoms with Crippen LogP contribution in [-0.4, -0.2) is 43.8 Å². The van der Waals surface area contributed by atoms with Crippen LogP contribution in [-0.2, 0) is 14.6 Å². The summed E-state index contributed by atoms with van der Waals surface area (Å²) in [5, 5.41) is 10.0. The lowest BCUT2D eigenvalue weighted by molar-refractivity contribution is -0.125. The summed E-state index contributed by atoms with van der Waals surface area (Å²) < 4.78 is 44.1. The highest BCUT2D eigenvalue weighted by molar-refractivity contribution is 7.91. The summed E-state index contributed by atoms with van der Waals surface area (Å²) in [4.78, 5) is 20.9. The number of benzene rings is 2. The molecule has 1 saturated heterocycles. The molecule has 2 aliphatic carbocycles. The molecule has 2 saturated carbocycles. The Hall–Kier alpha value is -3.51. The molecule has 7 nitrogen and oxygen atoms in total. The Balaban J connectivity index is 1.31. The molecule has 9 heteroatoms. The Morgan fingerprint density at radius 2 is 1.57 bits per heavy atom. The zero-order valence-electron chi connectivity index (χ0n) is 25.1. The molecule has 1 aromatic heterocycles. The van der Waals surface area contributed by atoms with Gasteiger partial charge in [-0.1, -0.05) is 44.2 Å². The maximum absolute atomic E-state index is 13.9. The van der Waals surface area contributed by atoms with Crippen LogP contribution in [0.4, 0.5) is 10.1 Å². The summed E-state index contributed by atoms with van der Waals surface area (Å²) in [6.07, 6.45) is 9.29. The number of anilines is 1. The van der Waals surface area contributed by atoms with E-state index in [2.05, 4.69) is 11.0 Å². The van der Waals surface area contributed by atoms with Crippen molar-refractivity contribution in [2.75, 3.05) is 29.5 Å². The molecule has 0 bridgehead atoms. The molecular weight excluding hydrogens is 577 g/mol. The quantitative estimate of drug-likeness (QED) is 0.261. The maximum Gasteiger partial charge on any atom is 0.226 e. The number of carbonyl (C=O) groups excluding carboxylic acids is 1. The van der Waals surface area contributed by atoms with Crippen molar-refractivity contribution in [1.82, 2.24) is 4.98 Å². The number of halogens is 1. The molecule has 3 aromatic rings. The van der Waals surface area contributed by atoms with Crippen LogP contribution in [0.3, 0.4) is 0 Å². The lowest BCUT2D eigenvalue weighted by atomic mass is 9.71. The number of nitrogens with zero attached hydrogens (tertiary/aromatic N) is 3. The first-order valence-electron chi connectivity index (χ1n) is 16.1. The van der Waals surface area contributed by atoms with E-state index >= 15 is 0 Å². The van der Waals surface area contributed by atoms with Crippen molar-refractivity contribution in [1.29, 1.82) is 5.26 Å². The largest absolute Gasteiger partial charge is 0.440 e. The molecule has 2 aromatic carbocycles. The molecule has 1 aliphatic heterocycles. The van der Waals surface area contributed by atoms with Crippen molar-refractivity contribution in [3.63, 3.8) is 0 Å². The summed E-state index contributed by atoms with van der Waals surface area (Å²) >= 11 is 0. The highest BCUT2D eigenvalue weighted by Crippen LogP contribution is 2.45. The number of aromatic nitrogens is 1. The number of oxazole rings is 1. The van der Waals surface area contributed by atoms with Gasteiger partial charge in [0, 0.05) is 48.2 Å². The fourth-order valence-corrected chi connectivity index (χ4v) is 8.56. The minimum atomic E-state index is -2.98. The van der Waals surface area contributed by atoms with E-state index in [-0.39, 0.29) is 47.3 Å². The van der Waals surface area contributed by atoms with E-state index in [9.17, 15) is 22.9 Å². The van der Waals surface area contributed by atoms with Crippen LogP contribution in [0.1, 0.15) is 75.9 Å². The van der Waals surface area contributed by atoms with Gasteiger partial charge >= 0.3 is 0 Å². The van der Waals surface area contributed by atoms with Gasteiger partial charge < -0.3 is 9.32 Å². The summed E-state index contributed by atoms with van der Waals surface area (Å²) in [6, 6.07) is 16.4. The zero-order valence-corrected chi connectivity index (χ0v) is 25.9. The maximum atomic E-state index is 13.9. The Kier molecular flexibility index (Phi) is 9.18. The van der Waals surface area contributed by atoms with E-state index in [4.69, 9.17) is 9.40 Å². The zero-order chi connectivity index (χ0) is 30.7. The van der Waals surface area contributed by atoms with Crippen LogP contribution in [0.2, 0.25) is 0 Å². The first-order chi connectivity index (χ1) is 21.3. The number of nitriles is 1. The third kappa shape index (κ3) is 6.76. The molecule has 3 fully saturated rings. The van der Waals surface area contributed by atoms with Crippen molar-refractivity contribution in [2.45, 2.75) is 70.1 Å². The average Bonchev–Trinajstić information content (AvgIpc) is 3.50. The first kappa shape index (κ1) is 30.5. The van der Waals surface area contributed by atoms with Crippen molar-refractivity contribution in [3.05, 3.63) is 60.1 Å². The van der Waals surface area contributed by atoms with Crippen molar-refractivity contribution in [3.8, 4) is 28.8 Å². The molecule has 2 heterocycles. The predicted molar refractivity (Wildman–Crippen MR) is 168 cm³/mol. The molecule has 3 aliphatic rings. The summed E-state index contributed by atoms with van der Waals surface area (Å²) in [5.41, 5.74) is 3.12. The summed E-state index contributed by atoms with van der Waals surface area (Å²) in [7, 11) is -2.98. The molecule has 0 spiro atoms. The molecule has 0 radical (unpaired) electrons. The van der Waals surface area contributed by atoms with Gasteiger partial charge in [-0.2, -0.15) is 5.26 Å². The van der Waals surface area contributed by atoms with E-state index in [1.807, 2.05) is 24.3 Å². The molecule has 0 N–H and O–H groups in total. The highest BCUT2D eigenvalue weighted by atomic mass is 32.2. The van der Waals surface area contributed by atoms with Gasteiger partial charge in [-0.15, -0.1) is 0 Å². The molecule has 0 amide bonds. The third-order valence-corrected chi connectivity index (χ3v) is 11.5. The SMILES string of the molecule is N#C[C@@H](CC(=O)[C@@H]1CCCC[C@H]1c1oc(-c2ccc(F)cc2)nc1-c1ccc(N2CCS(=O)(=O)CC2)cc1)C1CCCCC1. The van der Waals surface area contributed by atoms with E-state index in [1.165, 1.54) is 18.6 Å². The molecule has 0 unspecified atom stereocenters. The van der Waals surface area contributed by atoms with Gasteiger partial charge in [0.05, 0.1) is 23.5 Å². The number of carbonyl (C=O) groups is 1. The second-order valence-corrected chi connectivity index (χ2v) is 15.0. The number of hydrogen-bond donors (Lipinski definition) is 0. The second kappa shape index (κ2) is 13.2. The van der Waals surface area contributed by atoms with Crippen molar-refractivity contribution in [2.24, 2.45) is 17.8 Å². The third-order valence-electron chi connectivity index (χ3n) is 9.92. The molecule has 44 heavy (non-hydrogen) atoms. The Morgan fingerprint density at radius 3 is 2.25 bits per heavy atom. The lowest BCUT2D eigenvalue weighted by Crippen LogP contribution is -2.40. The van der Waals surface area contributed by atoms with Gasteiger partial charge in [0.1, 0.15) is 23.1 Å². The van der Waals surface area contributed by atoms with Crippen LogP contribution < -0.4 is 4.90 Å². The Bertz CT molecular complexity index is 1590. The fraction of sp³-hybridized carbons (Fsp3) is 0.514. The van der Waals surface area contributed by atoms with Gasteiger partial charge in [0.15, 0.2) is 9.84 Å². The van der Waals surface area contributed by atoms with Gasteiger partial charge in [0.25, 0.3) is 0 Å². The van der Waals surface area contributed by atoms with Crippen LogP contribution in [0, 0.1) is 34.9 Å². The smallest absolute Gasteiger partial charge is 0.226 e. The number of rotatable bonds is 8. The Labute approximate surface area is 259 Å². The lowest BCUT2D eigenvalue weighted by Gasteiger charge is -2.31. The molecule has 3 atom stereocenters. The van der Waals surface area contributed by atoms with E-state index in [0.717, 1.165) is 62.6 Å². The van der Waals surface area contributed by atoms with Crippen LogP contribution in [0.15, 0.2) is 52.9 Å². The summed E-state index contributed by atoms with van der Waals surface area (Å²) in [5.74, 6) is 0.797. The number of hydrogen-bond acceptors (Lipinski definition) is 7. The van der Waals surface area contributed by atoms with Crippen molar-refractivity contribution >= 4 is 21.3 Å². The number of Topliss-reactive ketones (excluding diaryl/α,β-unsaturated/α-hetero) is 1. The van der Waals surface area contributed by atoms with Crippen molar-refractivity contribution < 1.29 is 22.0 Å². The van der Waals surface area contributed by atoms with Gasteiger partial charge in [-0.25, -0.2) is 17.8 Å². The van der Waals surface area contributed by atoms with Crippen LogP contribution in [0.5, 0.6) is 0 Å². The second-order valence-electron chi connectivity index (χ2n) is 12.7. The molecule has 232 valence electrons. The topological polar surface area (TPSA) is 104 Å². The fourth-order valence-electron chi connectivity index (χ4n) is 7.36. The van der Waals surface area contributed by atoms with Crippen LogP contribution >= 0.6 is 0 Å². The highest BCUT2D eigenvalue weighted by Gasteiger charge is 2.38. The normalized spacial score (nSPS) is 23.1. The first-order valence-corrected chi connectivity index (χ1v) is 17.9. The van der Waals surface area contributed by atoms with E-state index < -0.39 is 9.84 Å². The van der Waals surface area contributed by atoms with Gasteiger partial charge in [-0.05, 0) is 68.0 Å². The van der Waals surface area contributed by atoms with E-state index in [0.29, 0.717) is 41.9 Å². The molecular formula is C35H40FN3O4S. The van der Waals surface area contributed by atoms with Gasteiger partial charge in [0.2, 0.25) is 5.89 Å². The minimum Gasteiger partial charge on any atom is -0.440 e. The van der Waals surface area contributed by atoms with Crippen LogP contribution in [0.25, 0.3) is 22.7 Å². The standard InChI is InChI=1S/C35H40FN3O4S/c36-28-14-10-26(11-15-28)35-38-33(25-12-16-29(17-13-25)39-18-20-44(41,42)21-19-39)34(43-35)31-9-5-4-8-30(31)32(40)22-27(23-37)24-6-2-1-3-7-24/h10-17,24,27,30-31H,1-9,18-22H2/t27-,30-,31-/m1/s1. The predicted octanol–water partition coefficient (Wildman–Crippen LogP) is 7.34. The number of ketones is 1. The molecule has 6 rings (SSSR count). The van der Waals surface area contributed by atoms with Gasteiger partial charge in [-0.3, -0.25) is 4.79 Å². The Morgan fingerprint density at radius 1 is 0.932 bits per heavy atom. The summed E-state index contributed by atoms with van der Waals surface area (Å²) in [6.45, 7) is 0.921.